The van der Waals surface area contributed by atoms with E-state index in [0.29, 0.717) is 6.04 Å². The Morgan fingerprint density at radius 1 is 1.05 bits per heavy atom. The number of aryl methyl sites for hydroxylation is 1. The molecule has 1 aliphatic carbocycles. The van der Waals surface area contributed by atoms with E-state index in [2.05, 4.69) is 41.4 Å². The van der Waals surface area contributed by atoms with Gasteiger partial charge in [0.25, 0.3) is 0 Å². The van der Waals surface area contributed by atoms with Gasteiger partial charge in [0.15, 0.2) is 0 Å². The molecule has 2 heterocycles. The molecule has 1 N–H and O–H groups in total. The van der Waals surface area contributed by atoms with Crippen molar-refractivity contribution in [3.05, 3.63) is 35.4 Å². The molecular weight excluding hydrogens is 244 g/mol. The Hall–Kier alpha value is -0.860. The van der Waals surface area contributed by atoms with Crippen molar-refractivity contribution in [1.29, 1.82) is 0 Å². The summed E-state index contributed by atoms with van der Waals surface area (Å²) in [6.07, 6.45) is 6.98. The van der Waals surface area contributed by atoms with Crippen LogP contribution in [0, 0.1) is 12.8 Å². The standard InChI is InChI=1S/C18H26N2/c1-13-4-6-14(7-5-13)18(15-8-9-15)19-16-10-12-20-11-2-3-17(16)20/h4-7,15-19H,2-3,8-12H2,1H3. The molecule has 1 saturated carbocycles. The van der Waals surface area contributed by atoms with Crippen molar-refractivity contribution in [3.63, 3.8) is 0 Å². The normalized spacial score (nSPS) is 31.4. The molecule has 0 radical (unpaired) electrons. The Kier molecular flexibility index (Phi) is 3.31. The minimum absolute atomic E-state index is 0.598. The zero-order valence-electron chi connectivity index (χ0n) is 12.5. The number of nitrogens with one attached hydrogen (secondary N) is 1. The quantitative estimate of drug-likeness (QED) is 0.903. The van der Waals surface area contributed by atoms with Gasteiger partial charge < -0.3 is 5.32 Å². The second-order valence-electron chi connectivity index (χ2n) is 7.03. The average molecular weight is 270 g/mol. The molecule has 2 saturated heterocycles. The van der Waals surface area contributed by atoms with Gasteiger partial charge >= 0.3 is 0 Å². The summed E-state index contributed by atoms with van der Waals surface area (Å²) in [4.78, 5) is 2.71. The molecular formula is C18H26N2. The van der Waals surface area contributed by atoms with Crippen LogP contribution in [0.25, 0.3) is 0 Å². The van der Waals surface area contributed by atoms with Gasteiger partial charge in [-0.25, -0.2) is 0 Å². The highest BCUT2D eigenvalue weighted by Gasteiger charge is 2.40. The van der Waals surface area contributed by atoms with E-state index >= 15 is 0 Å². The minimum atomic E-state index is 0.598. The molecule has 0 amide bonds. The van der Waals surface area contributed by atoms with Crippen LogP contribution in [0.2, 0.25) is 0 Å². The van der Waals surface area contributed by atoms with E-state index < -0.39 is 0 Å². The third-order valence-corrected chi connectivity index (χ3v) is 5.53. The summed E-state index contributed by atoms with van der Waals surface area (Å²) >= 11 is 0. The molecule has 0 aromatic heterocycles. The van der Waals surface area contributed by atoms with Crippen LogP contribution in [0.5, 0.6) is 0 Å². The van der Waals surface area contributed by atoms with Crippen molar-refractivity contribution in [2.24, 2.45) is 5.92 Å². The van der Waals surface area contributed by atoms with Crippen molar-refractivity contribution >= 4 is 0 Å². The summed E-state index contributed by atoms with van der Waals surface area (Å²) in [6.45, 7) is 4.83. The van der Waals surface area contributed by atoms with Gasteiger partial charge in [0, 0.05) is 24.7 Å². The summed E-state index contributed by atoms with van der Waals surface area (Å²) < 4.78 is 0. The highest BCUT2D eigenvalue weighted by atomic mass is 15.2. The fraction of sp³-hybridized carbons (Fsp3) is 0.667. The van der Waals surface area contributed by atoms with E-state index in [9.17, 15) is 0 Å². The minimum Gasteiger partial charge on any atom is -0.305 e. The predicted octanol–water partition coefficient (Wildman–Crippen LogP) is 3.27. The molecule has 0 spiro atoms. The SMILES string of the molecule is Cc1ccc(C(NC2CCN3CCCC23)C2CC2)cc1. The molecule has 2 heteroatoms. The van der Waals surface area contributed by atoms with Crippen LogP contribution in [-0.4, -0.2) is 30.1 Å². The molecule has 3 aliphatic rings. The van der Waals surface area contributed by atoms with Crippen LogP contribution in [0.15, 0.2) is 24.3 Å². The molecule has 2 nitrogen and oxygen atoms in total. The number of hydrogen-bond donors (Lipinski definition) is 1. The van der Waals surface area contributed by atoms with Crippen LogP contribution in [0.3, 0.4) is 0 Å². The Balaban J connectivity index is 1.50. The summed E-state index contributed by atoms with van der Waals surface area (Å²) in [7, 11) is 0. The molecule has 3 unspecified atom stereocenters. The molecule has 108 valence electrons. The van der Waals surface area contributed by atoms with Crippen molar-refractivity contribution in [2.75, 3.05) is 13.1 Å². The third-order valence-electron chi connectivity index (χ3n) is 5.53. The third kappa shape index (κ3) is 2.40. The van der Waals surface area contributed by atoms with Gasteiger partial charge in [0.05, 0.1) is 0 Å². The summed E-state index contributed by atoms with van der Waals surface area (Å²) in [5.74, 6) is 0.883. The van der Waals surface area contributed by atoms with Gasteiger partial charge in [-0.3, -0.25) is 4.90 Å². The number of fused-ring (bicyclic) bond motifs is 1. The smallest absolute Gasteiger partial charge is 0.0351 e. The number of benzene rings is 1. The van der Waals surface area contributed by atoms with Gasteiger partial charge in [0.2, 0.25) is 0 Å². The van der Waals surface area contributed by atoms with E-state index in [1.54, 1.807) is 0 Å². The van der Waals surface area contributed by atoms with Gasteiger partial charge in [0.1, 0.15) is 0 Å². The van der Waals surface area contributed by atoms with Crippen molar-refractivity contribution < 1.29 is 0 Å². The lowest BCUT2D eigenvalue weighted by molar-refractivity contribution is 0.283. The maximum Gasteiger partial charge on any atom is 0.0351 e. The van der Waals surface area contributed by atoms with Crippen LogP contribution < -0.4 is 5.32 Å². The number of rotatable bonds is 4. The van der Waals surface area contributed by atoms with Gasteiger partial charge in [-0.2, -0.15) is 0 Å². The molecule has 2 aliphatic heterocycles. The van der Waals surface area contributed by atoms with Gasteiger partial charge in [-0.1, -0.05) is 29.8 Å². The Morgan fingerprint density at radius 3 is 2.60 bits per heavy atom. The van der Waals surface area contributed by atoms with Gasteiger partial charge in [-0.15, -0.1) is 0 Å². The lowest BCUT2D eigenvalue weighted by Gasteiger charge is -2.27. The largest absolute Gasteiger partial charge is 0.305 e. The van der Waals surface area contributed by atoms with Gasteiger partial charge in [-0.05, 0) is 57.1 Å². The summed E-state index contributed by atoms with van der Waals surface area (Å²) in [6, 6.07) is 11.4. The number of hydrogen-bond acceptors (Lipinski definition) is 2. The first-order chi connectivity index (χ1) is 9.81. The fourth-order valence-electron chi connectivity index (χ4n) is 4.22. The van der Waals surface area contributed by atoms with E-state index in [4.69, 9.17) is 0 Å². The molecule has 1 aromatic rings. The molecule has 3 atom stereocenters. The number of nitrogens with zero attached hydrogens (tertiary/aromatic N) is 1. The average Bonchev–Trinajstić information content (AvgIpc) is 3.06. The van der Waals surface area contributed by atoms with Crippen molar-refractivity contribution in [1.82, 2.24) is 10.2 Å². The van der Waals surface area contributed by atoms with Crippen LogP contribution in [0.4, 0.5) is 0 Å². The van der Waals surface area contributed by atoms with Crippen LogP contribution in [-0.2, 0) is 0 Å². The Labute approximate surface area is 122 Å². The van der Waals surface area contributed by atoms with E-state index in [0.717, 1.165) is 18.0 Å². The first kappa shape index (κ1) is 12.8. The van der Waals surface area contributed by atoms with Crippen LogP contribution in [0.1, 0.15) is 49.3 Å². The van der Waals surface area contributed by atoms with Crippen molar-refractivity contribution in [3.8, 4) is 0 Å². The summed E-state index contributed by atoms with van der Waals surface area (Å²) in [5.41, 5.74) is 2.88. The molecule has 0 bridgehead atoms. The lowest BCUT2D eigenvalue weighted by atomic mass is 9.98. The molecule has 1 aromatic carbocycles. The van der Waals surface area contributed by atoms with E-state index in [1.807, 2.05) is 0 Å². The molecule has 3 fully saturated rings. The lowest BCUT2D eigenvalue weighted by Crippen LogP contribution is -2.41. The van der Waals surface area contributed by atoms with E-state index in [1.165, 1.54) is 56.3 Å². The van der Waals surface area contributed by atoms with E-state index in [-0.39, 0.29) is 0 Å². The topological polar surface area (TPSA) is 15.3 Å². The fourth-order valence-corrected chi connectivity index (χ4v) is 4.22. The second kappa shape index (κ2) is 5.16. The zero-order chi connectivity index (χ0) is 13.5. The van der Waals surface area contributed by atoms with Crippen molar-refractivity contribution in [2.45, 2.75) is 57.2 Å². The molecule has 20 heavy (non-hydrogen) atoms. The van der Waals surface area contributed by atoms with Crippen LogP contribution >= 0.6 is 0 Å². The Bertz CT molecular complexity index is 463. The Morgan fingerprint density at radius 2 is 1.85 bits per heavy atom. The maximum atomic E-state index is 4.04. The first-order valence-electron chi connectivity index (χ1n) is 8.38. The monoisotopic (exact) mass is 270 g/mol. The maximum absolute atomic E-state index is 4.04. The zero-order valence-corrected chi connectivity index (χ0v) is 12.5. The first-order valence-corrected chi connectivity index (χ1v) is 8.38. The summed E-state index contributed by atoms with van der Waals surface area (Å²) in [5, 5.41) is 4.04. The highest BCUT2D eigenvalue weighted by Crippen LogP contribution is 2.42. The highest BCUT2D eigenvalue weighted by molar-refractivity contribution is 5.26. The molecule has 4 rings (SSSR count). The predicted molar refractivity (Wildman–Crippen MR) is 82.8 cm³/mol. The second-order valence-corrected chi connectivity index (χ2v) is 7.03.